The van der Waals surface area contributed by atoms with Gasteiger partial charge in [-0.05, 0) is 13.8 Å². The molecule has 0 bridgehead atoms. The molecule has 1 saturated heterocycles. The van der Waals surface area contributed by atoms with Crippen LogP contribution in [-0.4, -0.2) is 61.2 Å². The van der Waals surface area contributed by atoms with Crippen molar-refractivity contribution in [3.8, 4) is 5.88 Å². The maximum Gasteiger partial charge on any atom is 0.228 e. The third-order valence-electron chi connectivity index (χ3n) is 3.33. The van der Waals surface area contributed by atoms with E-state index in [4.69, 9.17) is 4.74 Å². The molecule has 0 radical (unpaired) electrons. The van der Waals surface area contributed by atoms with Gasteiger partial charge in [0.15, 0.2) is 0 Å². The zero-order valence-electron chi connectivity index (χ0n) is 13.2. The Balaban J connectivity index is 2.15. The van der Waals surface area contributed by atoms with E-state index in [1.165, 1.54) is 10.6 Å². The third-order valence-corrected chi connectivity index (χ3v) is 4.63. The van der Waals surface area contributed by atoms with E-state index in [0.29, 0.717) is 38.0 Å². The van der Waals surface area contributed by atoms with Gasteiger partial charge in [-0.3, -0.25) is 0 Å². The molecule has 1 aromatic heterocycles. The summed E-state index contributed by atoms with van der Waals surface area (Å²) in [7, 11) is -3.14. The van der Waals surface area contributed by atoms with Crippen molar-refractivity contribution in [3.63, 3.8) is 0 Å². The highest BCUT2D eigenvalue weighted by atomic mass is 32.2. The van der Waals surface area contributed by atoms with Crippen LogP contribution in [0.3, 0.4) is 0 Å². The molecule has 0 saturated carbocycles. The van der Waals surface area contributed by atoms with Crippen LogP contribution in [0.15, 0.2) is 12.8 Å². The fourth-order valence-corrected chi connectivity index (χ4v) is 3.02. The zero-order valence-corrected chi connectivity index (χ0v) is 14.0. The average Bonchev–Trinajstić information content (AvgIpc) is 2.46. The second-order valence-corrected chi connectivity index (χ2v) is 7.43. The molecule has 1 aromatic rings. The first-order valence-corrected chi connectivity index (χ1v) is 9.02. The molecule has 122 valence electrons. The van der Waals surface area contributed by atoms with Gasteiger partial charge in [-0.15, -0.1) is 0 Å². The minimum Gasteiger partial charge on any atom is -0.474 e. The molecular formula is C14H22N4O3S. The summed E-state index contributed by atoms with van der Waals surface area (Å²) in [6.45, 7) is 9.58. The van der Waals surface area contributed by atoms with Crippen LogP contribution in [0.25, 0.3) is 6.08 Å². The predicted octanol–water partition coefficient (Wildman–Crippen LogP) is 0.988. The molecule has 2 rings (SSSR count). The van der Waals surface area contributed by atoms with E-state index in [2.05, 4.69) is 16.5 Å². The number of hydrogen-bond donors (Lipinski definition) is 0. The predicted molar refractivity (Wildman–Crippen MR) is 86.5 cm³/mol. The molecule has 0 aliphatic carbocycles. The van der Waals surface area contributed by atoms with Gasteiger partial charge >= 0.3 is 0 Å². The largest absolute Gasteiger partial charge is 0.474 e. The van der Waals surface area contributed by atoms with Crippen molar-refractivity contribution in [2.75, 3.05) is 37.3 Å². The molecule has 0 N–H and O–H groups in total. The lowest BCUT2D eigenvalue weighted by Gasteiger charge is -2.33. The number of sulfonamides is 1. The number of nitrogens with zero attached hydrogens (tertiary/aromatic N) is 4. The highest BCUT2D eigenvalue weighted by molar-refractivity contribution is 7.88. The Labute approximate surface area is 131 Å². The topological polar surface area (TPSA) is 75.6 Å². The minimum absolute atomic E-state index is 0.00327. The van der Waals surface area contributed by atoms with Crippen molar-refractivity contribution in [2.24, 2.45) is 0 Å². The number of ether oxygens (including phenoxy) is 1. The lowest BCUT2D eigenvalue weighted by molar-refractivity contribution is 0.231. The third kappa shape index (κ3) is 3.95. The van der Waals surface area contributed by atoms with E-state index in [1.807, 2.05) is 18.7 Å². The molecule has 0 amide bonds. The van der Waals surface area contributed by atoms with Crippen LogP contribution in [0.1, 0.15) is 19.4 Å². The molecule has 7 nitrogen and oxygen atoms in total. The Hall–Kier alpha value is -1.67. The summed E-state index contributed by atoms with van der Waals surface area (Å²) < 4.78 is 30.2. The second-order valence-electron chi connectivity index (χ2n) is 5.45. The summed E-state index contributed by atoms with van der Waals surface area (Å²) >= 11 is 0. The van der Waals surface area contributed by atoms with Crippen LogP contribution in [0, 0.1) is 0 Å². The number of aromatic nitrogens is 2. The summed E-state index contributed by atoms with van der Waals surface area (Å²) in [4.78, 5) is 10.7. The molecule has 0 aromatic carbocycles. The Morgan fingerprint density at radius 3 is 2.45 bits per heavy atom. The van der Waals surface area contributed by atoms with E-state index in [0.717, 1.165) is 5.56 Å². The smallest absolute Gasteiger partial charge is 0.228 e. The Morgan fingerprint density at radius 2 is 1.95 bits per heavy atom. The average molecular weight is 326 g/mol. The van der Waals surface area contributed by atoms with Crippen molar-refractivity contribution in [2.45, 2.75) is 20.0 Å². The normalized spacial score (nSPS) is 16.8. The molecule has 1 aliphatic heterocycles. The molecule has 8 heteroatoms. The van der Waals surface area contributed by atoms with Crippen LogP contribution in [0.2, 0.25) is 0 Å². The van der Waals surface area contributed by atoms with Crippen molar-refractivity contribution in [1.29, 1.82) is 0 Å². The first kappa shape index (κ1) is 16.7. The van der Waals surface area contributed by atoms with Gasteiger partial charge in [-0.1, -0.05) is 12.7 Å². The second kappa shape index (κ2) is 6.62. The van der Waals surface area contributed by atoms with E-state index in [-0.39, 0.29) is 6.10 Å². The van der Waals surface area contributed by atoms with Gasteiger partial charge in [0, 0.05) is 32.4 Å². The highest BCUT2D eigenvalue weighted by Gasteiger charge is 2.25. The van der Waals surface area contributed by atoms with Crippen LogP contribution >= 0.6 is 0 Å². The summed E-state index contributed by atoms with van der Waals surface area (Å²) in [6, 6.07) is 0. The monoisotopic (exact) mass is 326 g/mol. The van der Waals surface area contributed by atoms with Gasteiger partial charge in [0.1, 0.15) is 0 Å². The van der Waals surface area contributed by atoms with Crippen LogP contribution in [0.5, 0.6) is 5.88 Å². The van der Waals surface area contributed by atoms with Crippen molar-refractivity contribution in [1.82, 2.24) is 14.3 Å². The zero-order chi connectivity index (χ0) is 16.3. The Morgan fingerprint density at radius 1 is 1.32 bits per heavy atom. The van der Waals surface area contributed by atoms with Crippen molar-refractivity contribution < 1.29 is 13.2 Å². The van der Waals surface area contributed by atoms with Gasteiger partial charge in [0.2, 0.25) is 21.9 Å². The summed E-state index contributed by atoms with van der Waals surface area (Å²) in [5.74, 6) is 1.05. The molecule has 0 spiro atoms. The molecule has 0 atom stereocenters. The SMILES string of the molecule is C=Cc1cnc(N2CCN(S(C)(=O)=O)CC2)nc1OC(C)C. The Bertz CT molecular complexity index is 637. The van der Waals surface area contributed by atoms with Crippen molar-refractivity contribution in [3.05, 3.63) is 18.3 Å². The maximum atomic E-state index is 11.5. The van der Waals surface area contributed by atoms with Crippen molar-refractivity contribution >= 4 is 22.0 Å². The highest BCUT2D eigenvalue weighted by Crippen LogP contribution is 2.22. The molecule has 22 heavy (non-hydrogen) atoms. The number of rotatable bonds is 5. The summed E-state index contributed by atoms with van der Waals surface area (Å²) in [5, 5.41) is 0. The first-order chi connectivity index (χ1) is 10.3. The molecule has 1 fully saturated rings. The van der Waals surface area contributed by atoms with Crippen LogP contribution in [0.4, 0.5) is 5.95 Å². The number of piperazine rings is 1. The molecule has 0 unspecified atom stereocenters. The van der Waals surface area contributed by atoms with E-state index >= 15 is 0 Å². The van der Waals surface area contributed by atoms with Gasteiger partial charge < -0.3 is 9.64 Å². The number of hydrogen-bond acceptors (Lipinski definition) is 6. The fourth-order valence-electron chi connectivity index (χ4n) is 2.20. The maximum absolute atomic E-state index is 11.5. The number of anilines is 1. The Kier molecular flexibility index (Phi) is 5.02. The van der Waals surface area contributed by atoms with Gasteiger partial charge in [0.05, 0.1) is 17.9 Å². The van der Waals surface area contributed by atoms with Gasteiger partial charge in [-0.2, -0.15) is 9.29 Å². The van der Waals surface area contributed by atoms with Crippen LogP contribution in [-0.2, 0) is 10.0 Å². The van der Waals surface area contributed by atoms with E-state index in [9.17, 15) is 8.42 Å². The van der Waals surface area contributed by atoms with E-state index < -0.39 is 10.0 Å². The lowest BCUT2D eigenvalue weighted by atomic mass is 10.3. The fraction of sp³-hybridized carbons (Fsp3) is 0.571. The first-order valence-electron chi connectivity index (χ1n) is 7.17. The molecular weight excluding hydrogens is 304 g/mol. The lowest BCUT2D eigenvalue weighted by Crippen LogP contribution is -2.48. The molecule has 1 aliphatic rings. The molecule has 2 heterocycles. The minimum atomic E-state index is -3.14. The summed E-state index contributed by atoms with van der Waals surface area (Å²) in [5.41, 5.74) is 0.743. The van der Waals surface area contributed by atoms with E-state index in [1.54, 1.807) is 12.3 Å². The van der Waals surface area contributed by atoms with Crippen LogP contribution < -0.4 is 9.64 Å². The standard InChI is InChI=1S/C14H22N4O3S/c1-5-12-10-15-14(16-13(12)21-11(2)3)17-6-8-18(9-7-17)22(4,19)20/h5,10-11H,1,6-9H2,2-4H3. The summed E-state index contributed by atoms with van der Waals surface area (Å²) in [6.07, 6.45) is 4.56. The van der Waals surface area contributed by atoms with Gasteiger partial charge in [-0.25, -0.2) is 13.4 Å². The van der Waals surface area contributed by atoms with Gasteiger partial charge in [0.25, 0.3) is 0 Å². The quantitative estimate of drug-likeness (QED) is 0.803.